The van der Waals surface area contributed by atoms with E-state index in [1.165, 1.54) is 0 Å². The summed E-state index contributed by atoms with van der Waals surface area (Å²) in [6.45, 7) is 4.68. The number of nitrogens with one attached hydrogen (secondary N) is 1. The summed E-state index contributed by atoms with van der Waals surface area (Å²) in [4.78, 5) is 19.4. The Balaban J connectivity index is 1.42. The summed E-state index contributed by atoms with van der Waals surface area (Å²) in [7, 11) is 0. The molecule has 1 fully saturated rings. The Morgan fingerprint density at radius 3 is 3.04 bits per heavy atom. The van der Waals surface area contributed by atoms with Crippen LogP contribution in [0.1, 0.15) is 30.3 Å². The lowest BCUT2D eigenvalue weighted by Crippen LogP contribution is -2.46. The number of hydrogen-bond acceptors (Lipinski definition) is 5. The molecule has 4 heterocycles. The number of amides is 1. The minimum absolute atomic E-state index is 0.00678. The standard InChI is InChI=1S/C18H24N4O3/c23-18(20-9-16-2-1-5-25-16)17-12-21(10-14-3-6-24-7-4-14)11-15-8-19-13-22(15)17/h1-2,5,8,13-14,17H,3-4,6-7,9-12H2,(H,20,23). The van der Waals surface area contributed by atoms with Crippen LogP contribution in [0.3, 0.4) is 0 Å². The van der Waals surface area contributed by atoms with Gasteiger partial charge in [-0.1, -0.05) is 0 Å². The summed E-state index contributed by atoms with van der Waals surface area (Å²) in [6.07, 6.45) is 7.45. The highest BCUT2D eigenvalue weighted by molar-refractivity contribution is 5.80. The van der Waals surface area contributed by atoms with E-state index in [4.69, 9.17) is 9.15 Å². The number of fused-ring (bicyclic) bond motifs is 1. The SMILES string of the molecule is O=C(NCc1ccco1)C1CN(CC2CCOCC2)Cc2cncn21. The molecule has 7 heteroatoms. The molecule has 0 radical (unpaired) electrons. The van der Waals surface area contributed by atoms with E-state index in [1.807, 2.05) is 22.9 Å². The molecule has 1 N–H and O–H groups in total. The van der Waals surface area contributed by atoms with E-state index in [0.717, 1.165) is 50.6 Å². The summed E-state index contributed by atoms with van der Waals surface area (Å²) in [5, 5.41) is 2.98. The third-order valence-electron chi connectivity index (χ3n) is 5.08. The van der Waals surface area contributed by atoms with E-state index < -0.39 is 0 Å². The second-order valence-electron chi connectivity index (χ2n) is 6.86. The molecule has 25 heavy (non-hydrogen) atoms. The molecule has 1 amide bonds. The quantitative estimate of drug-likeness (QED) is 0.891. The zero-order chi connectivity index (χ0) is 17.1. The number of carbonyl (C=O) groups is 1. The number of ether oxygens (including phenoxy) is 1. The predicted octanol–water partition coefficient (Wildman–Crippen LogP) is 1.58. The van der Waals surface area contributed by atoms with Crippen molar-refractivity contribution in [3.63, 3.8) is 0 Å². The maximum Gasteiger partial charge on any atom is 0.244 e. The molecule has 1 unspecified atom stereocenters. The van der Waals surface area contributed by atoms with E-state index in [0.29, 0.717) is 19.0 Å². The molecule has 7 nitrogen and oxygen atoms in total. The van der Waals surface area contributed by atoms with Gasteiger partial charge in [0, 0.05) is 39.0 Å². The molecule has 0 saturated carbocycles. The van der Waals surface area contributed by atoms with Crippen LogP contribution in [0, 0.1) is 5.92 Å². The molecular formula is C18H24N4O3. The number of hydrogen-bond donors (Lipinski definition) is 1. The van der Waals surface area contributed by atoms with E-state index in [9.17, 15) is 4.79 Å². The molecule has 134 valence electrons. The smallest absolute Gasteiger partial charge is 0.244 e. The Morgan fingerprint density at radius 2 is 2.24 bits per heavy atom. The molecule has 2 aromatic rings. The largest absolute Gasteiger partial charge is 0.467 e. The lowest BCUT2D eigenvalue weighted by molar-refractivity contribution is -0.126. The first-order chi connectivity index (χ1) is 12.3. The molecule has 0 bridgehead atoms. The highest BCUT2D eigenvalue weighted by Gasteiger charge is 2.31. The van der Waals surface area contributed by atoms with Crippen LogP contribution < -0.4 is 5.32 Å². The number of nitrogens with zero attached hydrogens (tertiary/aromatic N) is 3. The molecular weight excluding hydrogens is 320 g/mol. The molecule has 0 aliphatic carbocycles. The minimum Gasteiger partial charge on any atom is -0.467 e. The maximum absolute atomic E-state index is 12.7. The van der Waals surface area contributed by atoms with E-state index in [-0.39, 0.29) is 11.9 Å². The van der Waals surface area contributed by atoms with Crippen LogP contribution >= 0.6 is 0 Å². The molecule has 4 rings (SSSR count). The Labute approximate surface area is 147 Å². The normalized spacial score (nSPS) is 21.8. The topological polar surface area (TPSA) is 72.5 Å². The predicted molar refractivity (Wildman–Crippen MR) is 90.6 cm³/mol. The second kappa shape index (κ2) is 7.41. The van der Waals surface area contributed by atoms with Gasteiger partial charge in [0.2, 0.25) is 5.91 Å². The van der Waals surface area contributed by atoms with Gasteiger partial charge in [0.25, 0.3) is 0 Å². The molecule has 2 aliphatic rings. The van der Waals surface area contributed by atoms with Gasteiger partial charge in [-0.05, 0) is 30.9 Å². The van der Waals surface area contributed by atoms with Crippen molar-refractivity contribution in [1.82, 2.24) is 19.8 Å². The van der Waals surface area contributed by atoms with Crippen LogP contribution in [0.4, 0.5) is 0 Å². The molecule has 1 atom stereocenters. The molecule has 2 aromatic heterocycles. The van der Waals surface area contributed by atoms with Crippen molar-refractivity contribution in [2.45, 2.75) is 32.0 Å². The fourth-order valence-corrected chi connectivity index (χ4v) is 3.71. The number of furan rings is 1. The zero-order valence-electron chi connectivity index (χ0n) is 14.3. The van der Waals surface area contributed by atoms with Gasteiger partial charge >= 0.3 is 0 Å². The van der Waals surface area contributed by atoms with Gasteiger partial charge in [-0.25, -0.2) is 4.98 Å². The Bertz CT molecular complexity index is 691. The number of carbonyl (C=O) groups excluding carboxylic acids is 1. The van der Waals surface area contributed by atoms with Gasteiger partial charge in [-0.3, -0.25) is 9.69 Å². The summed E-state index contributed by atoms with van der Waals surface area (Å²) in [5.74, 6) is 1.41. The Hall–Kier alpha value is -2.12. The Kier molecular flexibility index (Phi) is 4.85. The number of rotatable bonds is 5. The van der Waals surface area contributed by atoms with Crippen molar-refractivity contribution in [2.75, 3.05) is 26.3 Å². The van der Waals surface area contributed by atoms with Crippen LogP contribution in [-0.2, 0) is 22.6 Å². The first kappa shape index (κ1) is 16.4. The number of imidazole rings is 1. The molecule has 2 aliphatic heterocycles. The van der Waals surface area contributed by atoms with Crippen molar-refractivity contribution in [3.05, 3.63) is 42.4 Å². The highest BCUT2D eigenvalue weighted by atomic mass is 16.5. The molecule has 0 spiro atoms. The maximum atomic E-state index is 12.7. The van der Waals surface area contributed by atoms with Gasteiger partial charge in [0.1, 0.15) is 11.8 Å². The van der Waals surface area contributed by atoms with Crippen molar-refractivity contribution < 1.29 is 13.9 Å². The monoisotopic (exact) mass is 344 g/mol. The summed E-state index contributed by atoms with van der Waals surface area (Å²) < 4.78 is 12.7. The fraction of sp³-hybridized carbons (Fsp3) is 0.556. The molecule has 0 aromatic carbocycles. The summed E-state index contributed by atoms with van der Waals surface area (Å²) in [6, 6.07) is 3.44. The van der Waals surface area contributed by atoms with Crippen molar-refractivity contribution in [1.29, 1.82) is 0 Å². The van der Waals surface area contributed by atoms with Crippen LogP contribution in [0.5, 0.6) is 0 Å². The third kappa shape index (κ3) is 3.77. The van der Waals surface area contributed by atoms with Gasteiger partial charge in [0.15, 0.2) is 0 Å². The average Bonchev–Trinajstić information content (AvgIpc) is 3.31. The van der Waals surface area contributed by atoms with Crippen LogP contribution in [-0.4, -0.2) is 46.7 Å². The lowest BCUT2D eigenvalue weighted by Gasteiger charge is -2.36. The van der Waals surface area contributed by atoms with E-state index in [2.05, 4.69) is 15.2 Å². The lowest BCUT2D eigenvalue weighted by atomic mass is 9.98. The number of aromatic nitrogens is 2. The van der Waals surface area contributed by atoms with Gasteiger partial charge in [-0.15, -0.1) is 0 Å². The van der Waals surface area contributed by atoms with Gasteiger partial charge in [0.05, 0.1) is 24.8 Å². The van der Waals surface area contributed by atoms with Crippen molar-refractivity contribution in [3.8, 4) is 0 Å². The summed E-state index contributed by atoms with van der Waals surface area (Å²) >= 11 is 0. The van der Waals surface area contributed by atoms with Crippen molar-refractivity contribution >= 4 is 5.91 Å². The van der Waals surface area contributed by atoms with Crippen LogP contribution in [0.25, 0.3) is 0 Å². The van der Waals surface area contributed by atoms with E-state index in [1.54, 1.807) is 12.6 Å². The average molecular weight is 344 g/mol. The van der Waals surface area contributed by atoms with Gasteiger partial charge in [-0.2, -0.15) is 0 Å². The first-order valence-corrected chi connectivity index (χ1v) is 8.90. The minimum atomic E-state index is -0.249. The fourth-order valence-electron chi connectivity index (χ4n) is 3.71. The van der Waals surface area contributed by atoms with Crippen LogP contribution in [0.15, 0.2) is 35.3 Å². The van der Waals surface area contributed by atoms with E-state index >= 15 is 0 Å². The zero-order valence-corrected chi connectivity index (χ0v) is 14.3. The molecule has 1 saturated heterocycles. The first-order valence-electron chi connectivity index (χ1n) is 8.90. The van der Waals surface area contributed by atoms with Gasteiger partial charge < -0.3 is 19.0 Å². The summed E-state index contributed by atoms with van der Waals surface area (Å²) in [5.41, 5.74) is 1.09. The van der Waals surface area contributed by atoms with Crippen LogP contribution in [0.2, 0.25) is 0 Å². The third-order valence-corrected chi connectivity index (χ3v) is 5.08. The highest BCUT2D eigenvalue weighted by Crippen LogP contribution is 2.24. The van der Waals surface area contributed by atoms with Crippen molar-refractivity contribution in [2.24, 2.45) is 5.92 Å². The Morgan fingerprint density at radius 1 is 1.36 bits per heavy atom. The second-order valence-corrected chi connectivity index (χ2v) is 6.86.